The molecule has 1 aromatic carbocycles. The third-order valence-corrected chi connectivity index (χ3v) is 4.40. The molecule has 3 heteroatoms. The van der Waals surface area contributed by atoms with E-state index in [0.29, 0.717) is 6.04 Å². The molecule has 0 radical (unpaired) electrons. The third-order valence-electron chi connectivity index (χ3n) is 4.40. The maximum absolute atomic E-state index is 11.9. The topological polar surface area (TPSA) is 41.1 Å². The van der Waals surface area contributed by atoms with Crippen molar-refractivity contribution in [1.29, 1.82) is 0 Å². The van der Waals surface area contributed by atoms with Crippen LogP contribution in [0.1, 0.15) is 61.8 Å². The van der Waals surface area contributed by atoms with E-state index in [1.165, 1.54) is 42.4 Å². The smallest absolute Gasteiger partial charge is 0.315 e. The van der Waals surface area contributed by atoms with Crippen LogP contribution in [-0.4, -0.2) is 12.1 Å². The van der Waals surface area contributed by atoms with Crippen LogP contribution in [0.4, 0.5) is 4.79 Å². The van der Waals surface area contributed by atoms with Crippen LogP contribution >= 0.6 is 0 Å². The van der Waals surface area contributed by atoms with E-state index < -0.39 is 0 Å². The van der Waals surface area contributed by atoms with Crippen molar-refractivity contribution in [3.63, 3.8) is 0 Å². The first kappa shape index (κ1) is 13.5. The molecule has 2 aliphatic carbocycles. The summed E-state index contributed by atoms with van der Waals surface area (Å²) in [5.41, 5.74) is 4.23. The van der Waals surface area contributed by atoms with Gasteiger partial charge in [0.1, 0.15) is 0 Å². The lowest BCUT2D eigenvalue weighted by molar-refractivity contribution is 0.236. The summed E-state index contributed by atoms with van der Waals surface area (Å²) in [6.45, 7) is 2.13. The molecular weight excluding hydrogens is 248 g/mol. The summed E-state index contributed by atoms with van der Waals surface area (Å²) >= 11 is 0. The number of benzene rings is 1. The van der Waals surface area contributed by atoms with Crippen molar-refractivity contribution in [2.75, 3.05) is 0 Å². The van der Waals surface area contributed by atoms with E-state index in [1.807, 2.05) is 0 Å². The van der Waals surface area contributed by atoms with Gasteiger partial charge in [-0.2, -0.15) is 0 Å². The van der Waals surface area contributed by atoms with Crippen molar-refractivity contribution in [2.24, 2.45) is 0 Å². The molecule has 0 saturated heterocycles. The fourth-order valence-electron chi connectivity index (χ4n) is 3.00. The van der Waals surface area contributed by atoms with Gasteiger partial charge in [-0.05, 0) is 61.6 Å². The normalized spacial score (nSPS) is 19.1. The van der Waals surface area contributed by atoms with E-state index in [0.717, 1.165) is 19.3 Å². The van der Waals surface area contributed by atoms with Crippen LogP contribution in [0.15, 0.2) is 18.2 Å². The molecule has 0 bridgehead atoms. The van der Waals surface area contributed by atoms with Crippen molar-refractivity contribution in [1.82, 2.24) is 10.6 Å². The molecule has 1 unspecified atom stereocenters. The van der Waals surface area contributed by atoms with Gasteiger partial charge in [-0.3, -0.25) is 0 Å². The monoisotopic (exact) mass is 272 g/mol. The van der Waals surface area contributed by atoms with Crippen LogP contribution in [0.3, 0.4) is 0 Å². The number of carbonyl (C=O) groups is 1. The maximum Gasteiger partial charge on any atom is 0.315 e. The van der Waals surface area contributed by atoms with E-state index in [4.69, 9.17) is 0 Å². The number of urea groups is 1. The first-order valence-corrected chi connectivity index (χ1v) is 7.95. The zero-order valence-electron chi connectivity index (χ0n) is 12.2. The number of hydrogen-bond acceptors (Lipinski definition) is 1. The molecule has 0 heterocycles. The summed E-state index contributed by atoms with van der Waals surface area (Å²) in [6.07, 6.45) is 8.19. The molecule has 20 heavy (non-hydrogen) atoms. The Morgan fingerprint density at radius 2 is 2.00 bits per heavy atom. The molecule has 1 aromatic rings. The van der Waals surface area contributed by atoms with Crippen LogP contribution in [0.5, 0.6) is 0 Å². The van der Waals surface area contributed by atoms with Gasteiger partial charge in [0, 0.05) is 6.04 Å². The summed E-state index contributed by atoms with van der Waals surface area (Å²) in [7, 11) is 0. The second-order valence-electron chi connectivity index (χ2n) is 6.09. The summed E-state index contributed by atoms with van der Waals surface area (Å²) in [5.74, 6) is 0. The summed E-state index contributed by atoms with van der Waals surface area (Å²) in [5, 5.41) is 6.11. The lowest BCUT2D eigenvalue weighted by Crippen LogP contribution is -2.38. The highest BCUT2D eigenvalue weighted by Crippen LogP contribution is 2.26. The van der Waals surface area contributed by atoms with Gasteiger partial charge in [-0.15, -0.1) is 0 Å². The molecule has 0 aliphatic heterocycles. The van der Waals surface area contributed by atoms with Gasteiger partial charge >= 0.3 is 6.03 Å². The molecule has 1 atom stereocenters. The quantitative estimate of drug-likeness (QED) is 0.865. The first-order valence-electron chi connectivity index (χ1n) is 7.95. The van der Waals surface area contributed by atoms with Crippen molar-refractivity contribution in [3.05, 3.63) is 34.9 Å². The van der Waals surface area contributed by atoms with Gasteiger partial charge in [0.15, 0.2) is 0 Å². The Labute approximate surface area is 121 Å². The Morgan fingerprint density at radius 3 is 2.70 bits per heavy atom. The van der Waals surface area contributed by atoms with Crippen LogP contribution in [-0.2, 0) is 12.8 Å². The van der Waals surface area contributed by atoms with Crippen LogP contribution in [0.2, 0.25) is 0 Å². The zero-order chi connectivity index (χ0) is 13.9. The number of nitrogens with one attached hydrogen (secondary N) is 2. The highest BCUT2D eigenvalue weighted by atomic mass is 16.2. The van der Waals surface area contributed by atoms with Crippen molar-refractivity contribution < 1.29 is 4.79 Å². The molecule has 3 rings (SSSR count). The van der Waals surface area contributed by atoms with Gasteiger partial charge in [0.05, 0.1) is 6.04 Å². The molecular formula is C17H24N2O. The third kappa shape index (κ3) is 3.14. The van der Waals surface area contributed by atoms with Crippen LogP contribution < -0.4 is 10.6 Å². The minimum atomic E-state index is -0.0166. The SMILES string of the molecule is CCC(NC(=O)NC1CC1)c1ccc2c(c1)CCCC2. The summed E-state index contributed by atoms with van der Waals surface area (Å²) in [6, 6.07) is 7.28. The number of amides is 2. The average Bonchev–Trinajstić information content (AvgIpc) is 3.28. The van der Waals surface area contributed by atoms with Gasteiger partial charge in [0.2, 0.25) is 0 Å². The molecule has 1 fully saturated rings. The lowest BCUT2D eigenvalue weighted by atomic mass is 9.89. The number of fused-ring (bicyclic) bond motifs is 1. The van der Waals surface area contributed by atoms with Gasteiger partial charge in [-0.25, -0.2) is 4.79 Å². The zero-order valence-corrected chi connectivity index (χ0v) is 12.2. The Kier molecular flexibility index (Phi) is 3.95. The predicted octanol–water partition coefficient (Wildman–Crippen LogP) is 3.48. The maximum atomic E-state index is 11.9. The summed E-state index contributed by atoms with van der Waals surface area (Å²) < 4.78 is 0. The second kappa shape index (κ2) is 5.86. The molecule has 2 aliphatic rings. The Morgan fingerprint density at radius 1 is 1.25 bits per heavy atom. The van der Waals surface area contributed by atoms with Crippen LogP contribution in [0, 0.1) is 0 Å². The van der Waals surface area contributed by atoms with Crippen molar-refractivity contribution >= 4 is 6.03 Å². The fourth-order valence-corrected chi connectivity index (χ4v) is 3.00. The summed E-state index contributed by atoms with van der Waals surface area (Å²) in [4.78, 5) is 11.9. The highest BCUT2D eigenvalue weighted by molar-refractivity contribution is 5.75. The highest BCUT2D eigenvalue weighted by Gasteiger charge is 2.24. The average molecular weight is 272 g/mol. The van der Waals surface area contributed by atoms with Crippen molar-refractivity contribution in [3.8, 4) is 0 Å². The molecule has 0 aromatic heterocycles. The molecule has 1 saturated carbocycles. The first-order chi connectivity index (χ1) is 9.76. The fraction of sp³-hybridized carbons (Fsp3) is 0.588. The van der Waals surface area contributed by atoms with E-state index in [-0.39, 0.29) is 12.1 Å². The van der Waals surface area contributed by atoms with Gasteiger partial charge in [0.25, 0.3) is 0 Å². The number of aryl methyl sites for hydroxylation is 2. The largest absolute Gasteiger partial charge is 0.335 e. The Balaban J connectivity index is 1.69. The predicted molar refractivity (Wildman–Crippen MR) is 80.8 cm³/mol. The Hall–Kier alpha value is -1.51. The molecule has 3 nitrogen and oxygen atoms in total. The van der Waals surface area contributed by atoms with E-state index >= 15 is 0 Å². The molecule has 2 amide bonds. The van der Waals surface area contributed by atoms with Crippen molar-refractivity contribution in [2.45, 2.75) is 64.0 Å². The van der Waals surface area contributed by atoms with E-state index in [2.05, 4.69) is 35.8 Å². The van der Waals surface area contributed by atoms with E-state index in [1.54, 1.807) is 0 Å². The second-order valence-corrected chi connectivity index (χ2v) is 6.09. The number of carbonyl (C=O) groups excluding carboxylic acids is 1. The van der Waals surface area contributed by atoms with Gasteiger partial charge < -0.3 is 10.6 Å². The number of hydrogen-bond donors (Lipinski definition) is 2. The minimum Gasteiger partial charge on any atom is -0.335 e. The standard InChI is InChI=1S/C17H24N2O/c1-2-16(19-17(20)18-15-9-10-15)14-8-7-12-5-3-4-6-13(12)11-14/h7-8,11,15-16H,2-6,9-10H2,1H3,(H2,18,19,20). The van der Waals surface area contributed by atoms with Crippen LogP contribution in [0.25, 0.3) is 0 Å². The van der Waals surface area contributed by atoms with Gasteiger partial charge in [-0.1, -0.05) is 25.1 Å². The minimum absolute atomic E-state index is 0.0166. The van der Waals surface area contributed by atoms with E-state index in [9.17, 15) is 4.79 Å². The molecule has 0 spiro atoms. The molecule has 2 N–H and O–H groups in total. The number of rotatable bonds is 4. The Bertz CT molecular complexity index is 494. The lowest BCUT2D eigenvalue weighted by Gasteiger charge is -2.22. The molecule has 108 valence electrons.